The summed E-state index contributed by atoms with van der Waals surface area (Å²) in [5, 5.41) is 12.6. The average molecular weight is 252 g/mol. The highest BCUT2D eigenvalue weighted by Crippen LogP contribution is 2.24. The first-order chi connectivity index (χ1) is 8.22. The zero-order chi connectivity index (χ0) is 12.3. The molecule has 0 atom stereocenters. The van der Waals surface area contributed by atoms with Crippen molar-refractivity contribution < 1.29 is 0 Å². The quantitative estimate of drug-likeness (QED) is 0.445. The summed E-state index contributed by atoms with van der Waals surface area (Å²) in [6, 6.07) is 1.75. The van der Waals surface area contributed by atoms with E-state index in [0.717, 1.165) is 17.3 Å². The van der Waals surface area contributed by atoms with Crippen LogP contribution in [0.1, 0.15) is 12.7 Å². The normalized spacial score (nSPS) is 10.5. The van der Waals surface area contributed by atoms with Gasteiger partial charge >= 0.3 is 0 Å². The molecule has 0 spiro atoms. The standard InChI is InChI=1S/C8H12N8S/c1-3-5-10-6(12-9)4-7(11-5)17-8-13-14-15-16(8)2/h4H,3,9H2,1-2H3,(H,10,11,12). The number of rotatable bonds is 4. The van der Waals surface area contributed by atoms with Crippen molar-refractivity contribution in [1.29, 1.82) is 0 Å². The third kappa shape index (κ3) is 2.68. The van der Waals surface area contributed by atoms with Crippen molar-refractivity contribution in [3.05, 3.63) is 11.9 Å². The lowest BCUT2D eigenvalue weighted by molar-refractivity contribution is 0.664. The number of tetrazole rings is 1. The Morgan fingerprint density at radius 2 is 2.29 bits per heavy atom. The van der Waals surface area contributed by atoms with Gasteiger partial charge in [-0.25, -0.2) is 20.5 Å². The fourth-order valence-corrected chi connectivity index (χ4v) is 1.91. The molecule has 0 aliphatic rings. The summed E-state index contributed by atoms with van der Waals surface area (Å²) < 4.78 is 1.58. The number of nitrogens with one attached hydrogen (secondary N) is 1. The predicted octanol–water partition coefficient (Wildman–Crippen LogP) is -0.000700. The van der Waals surface area contributed by atoms with Gasteiger partial charge in [0.2, 0.25) is 5.16 Å². The van der Waals surface area contributed by atoms with Crippen LogP contribution in [0.15, 0.2) is 16.2 Å². The summed E-state index contributed by atoms with van der Waals surface area (Å²) in [4.78, 5) is 8.57. The van der Waals surface area contributed by atoms with Gasteiger partial charge in [0.1, 0.15) is 16.7 Å². The van der Waals surface area contributed by atoms with E-state index in [2.05, 4.69) is 30.9 Å². The predicted molar refractivity (Wildman–Crippen MR) is 62.1 cm³/mol. The molecule has 17 heavy (non-hydrogen) atoms. The largest absolute Gasteiger partial charge is 0.308 e. The van der Waals surface area contributed by atoms with Crippen molar-refractivity contribution >= 4 is 17.6 Å². The lowest BCUT2D eigenvalue weighted by atomic mass is 10.4. The van der Waals surface area contributed by atoms with Gasteiger partial charge in [0, 0.05) is 19.5 Å². The number of anilines is 1. The van der Waals surface area contributed by atoms with E-state index in [9.17, 15) is 0 Å². The van der Waals surface area contributed by atoms with Gasteiger partial charge in [-0.1, -0.05) is 6.92 Å². The maximum Gasteiger partial charge on any atom is 0.215 e. The molecule has 0 saturated carbocycles. The fraction of sp³-hybridized carbons (Fsp3) is 0.375. The van der Waals surface area contributed by atoms with E-state index in [1.165, 1.54) is 11.8 Å². The van der Waals surface area contributed by atoms with Gasteiger partial charge in [-0.3, -0.25) is 0 Å². The van der Waals surface area contributed by atoms with E-state index in [1.54, 1.807) is 17.8 Å². The molecule has 90 valence electrons. The highest BCUT2D eigenvalue weighted by atomic mass is 32.2. The van der Waals surface area contributed by atoms with Crippen molar-refractivity contribution in [2.75, 3.05) is 5.43 Å². The number of nitrogen functional groups attached to an aromatic ring is 1. The van der Waals surface area contributed by atoms with Crippen LogP contribution in [0.2, 0.25) is 0 Å². The topological polar surface area (TPSA) is 107 Å². The van der Waals surface area contributed by atoms with Crippen LogP contribution in [-0.2, 0) is 13.5 Å². The molecule has 0 bridgehead atoms. The zero-order valence-electron chi connectivity index (χ0n) is 9.45. The van der Waals surface area contributed by atoms with Crippen molar-refractivity contribution in [3.8, 4) is 0 Å². The average Bonchev–Trinajstić information content (AvgIpc) is 2.74. The van der Waals surface area contributed by atoms with Crippen LogP contribution in [0, 0.1) is 0 Å². The molecule has 0 unspecified atom stereocenters. The van der Waals surface area contributed by atoms with Crippen molar-refractivity contribution in [3.63, 3.8) is 0 Å². The Morgan fingerprint density at radius 3 is 2.88 bits per heavy atom. The van der Waals surface area contributed by atoms with Crippen LogP contribution in [0.25, 0.3) is 0 Å². The van der Waals surface area contributed by atoms with Crippen molar-refractivity contribution in [2.45, 2.75) is 23.5 Å². The molecule has 9 heteroatoms. The molecule has 0 aliphatic heterocycles. The Bertz CT molecular complexity index is 488. The lowest BCUT2D eigenvalue weighted by Gasteiger charge is -2.05. The van der Waals surface area contributed by atoms with Gasteiger partial charge in [0.25, 0.3) is 0 Å². The van der Waals surface area contributed by atoms with Gasteiger partial charge in [-0.2, -0.15) is 0 Å². The lowest BCUT2D eigenvalue weighted by Crippen LogP contribution is -2.10. The highest BCUT2D eigenvalue weighted by molar-refractivity contribution is 7.99. The molecule has 3 N–H and O–H groups in total. The summed E-state index contributed by atoms with van der Waals surface area (Å²) in [6.07, 6.45) is 0.736. The molecule has 2 aromatic heterocycles. The molecule has 2 aromatic rings. The molecule has 0 aromatic carbocycles. The molecule has 0 radical (unpaired) electrons. The monoisotopic (exact) mass is 252 g/mol. The minimum Gasteiger partial charge on any atom is -0.308 e. The number of hydrogen-bond acceptors (Lipinski definition) is 8. The molecule has 2 heterocycles. The van der Waals surface area contributed by atoms with Crippen LogP contribution in [0.3, 0.4) is 0 Å². The molecule has 0 saturated heterocycles. The Labute approximate surface area is 102 Å². The third-order valence-corrected chi connectivity index (χ3v) is 2.94. The van der Waals surface area contributed by atoms with Crippen LogP contribution < -0.4 is 11.3 Å². The van der Waals surface area contributed by atoms with E-state index in [-0.39, 0.29) is 0 Å². The molecule has 0 amide bonds. The number of nitrogens with zero attached hydrogens (tertiary/aromatic N) is 6. The molecule has 2 rings (SSSR count). The first kappa shape index (κ1) is 11.7. The van der Waals surface area contributed by atoms with Gasteiger partial charge in [-0.05, 0) is 22.2 Å². The van der Waals surface area contributed by atoms with Crippen molar-refractivity contribution in [2.24, 2.45) is 12.9 Å². The Balaban J connectivity index is 2.29. The molecular weight excluding hydrogens is 240 g/mol. The minimum atomic E-state index is 0.578. The summed E-state index contributed by atoms with van der Waals surface area (Å²) in [6.45, 7) is 1.98. The van der Waals surface area contributed by atoms with Crippen LogP contribution in [0.4, 0.5) is 5.82 Å². The van der Waals surface area contributed by atoms with E-state index in [0.29, 0.717) is 11.0 Å². The number of nitrogens with two attached hydrogens (primary N) is 1. The minimum absolute atomic E-state index is 0.578. The SMILES string of the molecule is CCc1nc(NN)cc(Sc2nnnn2C)n1. The van der Waals surface area contributed by atoms with E-state index in [1.807, 2.05) is 6.92 Å². The Morgan fingerprint density at radius 1 is 1.47 bits per heavy atom. The molecule has 0 fully saturated rings. The third-order valence-electron chi connectivity index (χ3n) is 1.99. The fourth-order valence-electron chi connectivity index (χ4n) is 1.16. The van der Waals surface area contributed by atoms with Gasteiger partial charge in [0.05, 0.1) is 0 Å². The highest BCUT2D eigenvalue weighted by Gasteiger charge is 2.09. The summed E-state index contributed by atoms with van der Waals surface area (Å²) >= 11 is 1.36. The van der Waals surface area contributed by atoms with E-state index in [4.69, 9.17) is 5.84 Å². The maximum atomic E-state index is 5.35. The second-order valence-electron chi connectivity index (χ2n) is 3.19. The molecule has 8 nitrogen and oxygen atoms in total. The van der Waals surface area contributed by atoms with Gasteiger partial charge in [0.15, 0.2) is 0 Å². The van der Waals surface area contributed by atoms with Gasteiger partial charge < -0.3 is 5.43 Å². The first-order valence-corrected chi connectivity index (χ1v) is 5.79. The van der Waals surface area contributed by atoms with Gasteiger partial charge in [-0.15, -0.1) is 5.10 Å². The second kappa shape index (κ2) is 5.06. The van der Waals surface area contributed by atoms with Crippen molar-refractivity contribution in [1.82, 2.24) is 30.2 Å². The Kier molecular flexibility index (Phi) is 3.49. The van der Waals surface area contributed by atoms with E-state index >= 15 is 0 Å². The second-order valence-corrected chi connectivity index (χ2v) is 4.18. The van der Waals surface area contributed by atoms with E-state index < -0.39 is 0 Å². The summed E-state index contributed by atoms with van der Waals surface area (Å²) in [5.41, 5.74) is 2.51. The van der Waals surface area contributed by atoms with Crippen LogP contribution in [-0.4, -0.2) is 30.2 Å². The van der Waals surface area contributed by atoms with Crippen LogP contribution in [0.5, 0.6) is 0 Å². The number of hydrogen-bond donors (Lipinski definition) is 2. The molecular formula is C8H12N8S. The number of aryl methyl sites for hydroxylation is 2. The van der Waals surface area contributed by atoms with Crippen LogP contribution >= 0.6 is 11.8 Å². The summed E-state index contributed by atoms with van der Waals surface area (Å²) in [5.74, 6) is 6.65. The maximum absolute atomic E-state index is 5.35. The summed E-state index contributed by atoms with van der Waals surface area (Å²) in [7, 11) is 1.77. The smallest absolute Gasteiger partial charge is 0.215 e. The first-order valence-electron chi connectivity index (χ1n) is 4.97. The molecule has 0 aliphatic carbocycles. The zero-order valence-corrected chi connectivity index (χ0v) is 10.3. The Hall–Kier alpha value is -1.74. The number of aromatic nitrogens is 6. The number of hydrazine groups is 1.